The molecule has 146 valence electrons. The highest BCUT2D eigenvalue weighted by Crippen LogP contribution is 2.26. The molecule has 7 nitrogen and oxygen atoms in total. The molecule has 2 amide bonds. The third kappa shape index (κ3) is 4.28. The normalized spacial score (nSPS) is 18.9. The average molecular weight is 373 g/mol. The molecule has 0 spiro atoms. The van der Waals surface area contributed by atoms with Crippen LogP contribution in [0.5, 0.6) is 0 Å². The van der Waals surface area contributed by atoms with E-state index in [4.69, 9.17) is 0 Å². The lowest BCUT2D eigenvalue weighted by Crippen LogP contribution is -2.44. The quantitative estimate of drug-likeness (QED) is 0.602. The van der Waals surface area contributed by atoms with Gasteiger partial charge in [0.15, 0.2) is 0 Å². The number of nitrogens with zero attached hydrogens (tertiary/aromatic N) is 3. The number of hydrogen-bond donors (Lipinski definition) is 0. The van der Waals surface area contributed by atoms with Crippen molar-refractivity contribution in [3.63, 3.8) is 0 Å². The molecule has 0 saturated carbocycles. The van der Waals surface area contributed by atoms with Gasteiger partial charge < -0.3 is 9.80 Å². The Morgan fingerprint density at radius 2 is 1.63 bits per heavy atom. The van der Waals surface area contributed by atoms with Gasteiger partial charge in [-0.2, -0.15) is 0 Å². The maximum absolute atomic E-state index is 12.8. The molecular formula is C20H27N3O4. The fourth-order valence-electron chi connectivity index (χ4n) is 4.10. The number of hydrogen-bond acceptors (Lipinski definition) is 4. The van der Waals surface area contributed by atoms with Gasteiger partial charge >= 0.3 is 0 Å². The van der Waals surface area contributed by atoms with Crippen molar-refractivity contribution in [1.29, 1.82) is 0 Å². The fourth-order valence-corrected chi connectivity index (χ4v) is 4.10. The predicted octanol–water partition coefficient (Wildman–Crippen LogP) is 3.16. The van der Waals surface area contributed by atoms with Crippen molar-refractivity contribution in [2.75, 3.05) is 26.2 Å². The molecule has 0 radical (unpaired) electrons. The van der Waals surface area contributed by atoms with E-state index in [2.05, 4.69) is 0 Å². The highest BCUT2D eigenvalue weighted by molar-refractivity contribution is 5.96. The van der Waals surface area contributed by atoms with Crippen molar-refractivity contribution >= 4 is 17.5 Å². The Kier molecular flexibility index (Phi) is 6.08. The molecule has 0 unspecified atom stereocenters. The van der Waals surface area contributed by atoms with Gasteiger partial charge in [0.2, 0.25) is 5.91 Å². The van der Waals surface area contributed by atoms with Gasteiger partial charge in [-0.15, -0.1) is 0 Å². The van der Waals surface area contributed by atoms with Crippen molar-refractivity contribution in [1.82, 2.24) is 9.80 Å². The van der Waals surface area contributed by atoms with E-state index >= 15 is 0 Å². The zero-order valence-corrected chi connectivity index (χ0v) is 15.9. The summed E-state index contributed by atoms with van der Waals surface area (Å²) in [6.07, 6.45) is 5.87. The van der Waals surface area contributed by atoms with Gasteiger partial charge in [-0.05, 0) is 38.7 Å². The summed E-state index contributed by atoms with van der Waals surface area (Å²) in [6.45, 7) is 4.35. The lowest BCUT2D eigenvalue weighted by atomic mass is 9.94. The number of likely N-dealkylation sites (tertiary alicyclic amines) is 2. The van der Waals surface area contributed by atoms with Crippen molar-refractivity contribution in [2.24, 2.45) is 5.92 Å². The number of rotatable bonds is 3. The van der Waals surface area contributed by atoms with Crippen LogP contribution in [-0.4, -0.2) is 52.7 Å². The summed E-state index contributed by atoms with van der Waals surface area (Å²) < 4.78 is 0. The minimum atomic E-state index is -0.460. The first-order valence-electron chi connectivity index (χ1n) is 9.81. The standard InChI is InChI=1S/C20H27N3O4/c1-15-17(7-6-8-18(15)23(26)27)20(25)22-13-9-16(10-14-22)19(24)21-11-4-2-3-5-12-21/h6-8,16H,2-5,9-14H2,1H3. The molecule has 2 heterocycles. The maximum atomic E-state index is 12.8. The third-order valence-corrected chi connectivity index (χ3v) is 5.78. The fraction of sp³-hybridized carbons (Fsp3) is 0.600. The van der Waals surface area contributed by atoms with Crippen LogP contribution in [0.15, 0.2) is 18.2 Å². The lowest BCUT2D eigenvalue weighted by molar-refractivity contribution is -0.385. The highest BCUT2D eigenvalue weighted by atomic mass is 16.6. The monoisotopic (exact) mass is 373 g/mol. The molecule has 0 bridgehead atoms. The second kappa shape index (κ2) is 8.50. The molecule has 0 N–H and O–H groups in total. The summed E-state index contributed by atoms with van der Waals surface area (Å²) in [4.78, 5) is 40.0. The Balaban J connectivity index is 1.62. The Morgan fingerprint density at radius 3 is 2.22 bits per heavy atom. The third-order valence-electron chi connectivity index (χ3n) is 5.78. The van der Waals surface area contributed by atoms with E-state index in [1.54, 1.807) is 24.0 Å². The summed E-state index contributed by atoms with van der Waals surface area (Å²) in [5.41, 5.74) is 0.740. The first-order valence-corrected chi connectivity index (χ1v) is 9.81. The molecule has 1 aromatic rings. The molecule has 3 rings (SSSR count). The zero-order chi connectivity index (χ0) is 19.4. The number of nitro benzene ring substituents is 1. The Morgan fingerprint density at radius 1 is 1.00 bits per heavy atom. The van der Waals surface area contributed by atoms with Crippen molar-refractivity contribution < 1.29 is 14.5 Å². The van der Waals surface area contributed by atoms with Crippen LogP contribution in [0, 0.1) is 23.0 Å². The minimum absolute atomic E-state index is 0.0154. The smallest absolute Gasteiger partial charge is 0.273 e. The Bertz CT molecular complexity index is 718. The molecule has 0 aliphatic carbocycles. The second-order valence-electron chi connectivity index (χ2n) is 7.51. The van der Waals surface area contributed by atoms with Gasteiger partial charge in [-0.25, -0.2) is 0 Å². The minimum Gasteiger partial charge on any atom is -0.342 e. The average Bonchev–Trinajstić information content (AvgIpc) is 2.96. The van der Waals surface area contributed by atoms with Crippen LogP contribution >= 0.6 is 0 Å². The van der Waals surface area contributed by atoms with Crippen LogP contribution in [0.3, 0.4) is 0 Å². The molecule has 2 fully saturated rings. The molecule has 0 aromatic heterocycles. The van der Waals surface area contributed by atoms with Crippen molar-refractivity contribution in [2.45, 2.75) is 45.4 Å². The molecule has 1 aromatic carbocycles. The topological polar surface area (TPSA) is 83.8 Å². The number of nitro groups is 1. The first-order chi connectivity index (χ1) is 13.0. The Hall–Kier alpha value is -2.44. The number of piperidine rings is 1. The maximum Gasteiger partial charge on any atom is 0.273 e. The summed E-state index contributed by atoms with van der Waals surface area (Å²) in [7, 11) is 0. The van der Waals surface area contributed by atoms with Gasteiger partial charge in [0.05, 0.1) is 4.92 Å². The van der Waals surface area contributed by atoms with Crippen LogP contribution in [0.2, 0.25) is 0 Å². The van der Waals surface area contributed by atoms with Crippen LogP contribution in [0.25, 0.3) is 0 Å². The van der Waals surface area contributed by atoms with Gasteiger partial charge in [0.1, 0.15) is 0 Å². The summed E-state index contributed by atoms with van der Waals surface area (Å²) in [5, 5.41) is 11.1. The van der Waals surface area contributed by atoms with Gasteiger partial charge in [0.25, 0.3) is 11.6 Å². The number of carbonyl (C=O) groups is 2. The van der Waals surface area contributed by atoms with Gasteiger partial charge in [0, 0.05) is 49.3 Å². The van der Waals surface area contributed by atoms with E-state index in [1.807, 2.05) is 4.90 Å². The van der Waals surface area contributed by atoms with Crippen LogP contribution < -0.4 is 0 Å². The van der Waals surface area contributed by atoms with E-state index in [-0.39, 0.29) is 23.4 Å². The van der Waals surface area contributed by atoms with E-state index in [9.17, 15) is 19.7 Å². The number of benzene rings is 1. The van der Waals surface area contributed by atoms with Crippen molar-refractivity contribution in [3.05, 3.63) is 39.4 Å². The lowest BCUT2D eigenvalue weighted by Gasteiger charge is -2.34. The molecule has 7 heteroatoms. The van der Waals surface area contributed by atoms with E-state index in [0.29, 0.717) is 37.1 Å². The Labute approximate surface area is 159 Å². The van der Waals surface area contributed by atoms with E-state index in [0.717, 1.165) is 25.9 Å². The van der Waals surface area contributed by atoms with Crippen molar-refractivity contribution in [3.8, 4) is 0 Å². The van der Waals surface area contributed by atoms with Gasteiger partial charge in [-0.1, -0.05) is 18.9 Å². The highest BCUT2D eigenvalue weighted by Gasteiger charge is 2.31. The molecule has 2 aliphatic rings. The number of carbonyl (C=O) groups excluding carboxylic acids is 2. The molecule has 2 aliphatic heterocycles. The number of amides is 2. The molecule has 27 heavy (non-hydrogen) atoms. The van der Waals surface area contributed by atoms with Crippen LogP contribution in [-0.2, 0) is 4.79 Å². The molecule has 0 atom stereocenters. The largest absolute Gasteiger partial charge is 0.342 e. The van der Waals surface area contributed by atoms with Crippen LogP contribution in [0.1, 0.15) is 54.4 Å². The first kappa shape index (κ1) is 19.3. The second-order valence-corrected chi connectivity index (χ2v) is 7.51. The SMILES string of the molecule is Cc1c(C(=O)N2CCC(C(=O)N3CCCCCC3)CC2)cccc1[N+](=O)[O-]. The van der Waals surface area contributed by atoms with E-state index in [1.165, 1.54) is 18.9 Å². The summed E-state index contributed by atoms with van der Waals surface area (Å²) in [5.74, 6) is 0.0331. The van der Waals surface area contributed by atoms with Gasteiger partial charge in [-0.3, -0.25) is 19.7 Å². The molecular weight excluding hydrogens is 346 g/mol. The zero-order valence-electron chi connectivity index (χ0n) is 15.9. The van der Waals surface area contributed by atoms with Crippen LogP contribution in [0.4, 0.5) is 5.69 Å². The molecule has 2 saturated heterocycles. The summed E-state index contributed by atoms with van der Waals surface area (Å²) in [6, 6.07) is 4.60. The van der Waals surface area contributed by atoms with E-state index < -0.39 is 4.92 Å². The summed E-state index contributed by atoms with van der Waals surface area (Å²) >= 11 is 0. The predicted molar refractivity (Wildman–Crippen MR) is 102 cm³/mol.